The molecular formula is C16H25N5O3. The zero-order chi connectivity index (χ0) is 16.9. The largest absolute Gasteiger partial charge is 0.383 e. The highest BCUT2D eigenvalue weighted by molar-refractivity contribution is 5.92. The van der Waals surface area contributed by atoms with Gasteiger partial charge in [0, 0.05) is 26.2 Å². The Bertz CT molecular complexity index is 595. The van der Waals surface area contributed by atoms with E-state index < -0.39 is 0 Å². The summed E-state index contributed by atoms with van der Waals surface area (Å²) in [6, 6.07) is 2.06. The second-order valence-corrected chi connectivity index (χ2v) is 6.35. The lowest BCUT2D eigenvalue weighted by molar-refractivity contribution is 0.0931. The van der Waals surface area contributed by atoms with Gasteiger partial charge in [-0.15, -0.1) is 0 Å². The van der Waals surface area contributed by atoms with Crippen LogP contribution in [0, 0.1) is 0 Å². The molecule has 0 atom stereocenters. The summed E-state index contributed by atoms with van der Waals surface area (Å²) >= 11 is 0. The van der Waals surface area contributed by atoms with E-state index in [4.69, 9.17) is 4.74 Å². The molecule has 0 bridgehead atoms. The molecule has 3 amide bonds. The lowest BCUT2D eigenvalue weighted by atomic mass is 10.2. The molecule has 2 aliphatic rings. The van der Waals surface area contributed by atoms with Crippen LogP contribution in [0.15, 0.2) is 6.07 Å². The van der Waals surface area contributed by atoms with Crippen LogP contribution in [-0.2, 0) is 17.8 Å². The van der Waals surface area contributed by atoms with Gasteiger partial charge in [0.15, 0.2) is 5.69 Å². The monoisotopic (exact) mass is 335 g/mol. The number of fused-ring (bicyclic) bond motifs is 1. The minimum absolute atomic E-state index is 0.0135. The molecule has 1 saturated carbocycles. The average molecular weight is 335 g/mol. The smallest absolute Gasteiger partial charge is 0.318 e. The summed E-state index contributed by atoms with van der Waals surface area (Å²) in [7, 11) is 1.59. The zero-order valence-corrected chi connectivity index (χ0v) is 14.1. The van der Waals surface area contributed by atoms with Crippen molar-refractivity contribution in [3.8, 4) is 0 Å². The summed E-state index contributed by atoms with van der Waals surface area (Å²) in [5.74, 6) is -0.212. The number of carbonyl (C=O) groups excluding carboxylic acids is 2. The molecule has 1 fully saturated rings. The Kier molecular flexibility index (Phi) is 5.34. The van der Waals surface area contributed by atoms with Gasteiger partial charge in [0.2, 0.25) is 0 Å². The predicted octanol–water partition coefficient (Wildman–Crippen LogP) is 0.727. The van der Waals surface area contributed by atoms with E-state index in [1.54, 1.807) is 18.1 Å². The molecule has 1 aliphatic carbocycles. The lowest BCUT2D eigenvalue weighted by Gasteiger charge is -2.29. The highest BCUT2D eigenvalue weighted by Crippen LogP contribution is 2.19. The zero-order valence-electron chi connectivity index (χ0n) is 14.1. The molecule has 2 N–H and O–H groups in total. The molecule has 8 heteroatoms. The molecule has 1 aliphatic heterocycles. The molecule has 2 heterocycles. The highest BCUT2D eigenvalue weighted by atomic mass is 16.5. The Labute approximate surface area is 141 Å². The van der Waals surface area contributed by atoms with Crippen LogP contribution in [0.5, 0.6) is 0 Å². The van der Waals surface area contributed by atoms with E-state index in [1.165, 1.54) is 12.8 Å². The highest BCUT2D eigenvalue weighted by Gasteiger charge is 2.26. The van der Waals surface area contributed by atoms with Crippen molar-refractivity contribution in [2.45, 2.75) is 44.8 Å². The molecule has 0 saturated heterocycles. The first kappa shape index (κ1) is 16.8. The number of urea groups is 1. The van der Waals surface area contributed by atoms with Crippen LogP contribution in [0.3, 0.4) is 0 Å². The topological polar surface area (TPSA) is 88.5 Å². The number of nitrogens with zero attached hydrogens (tertiary/aromatic N) is 3. The summed E-state index contributed by atoms with van der Waals surface area (Å²) in [4.78, 5) is 26.2. The third-order valence-corrected chi connectivity index (χ3v) is 4.59. The van der Waals surface area contributed by atoms with Crippen molar-refractivity contribution in [3.05, 3.63) is 17.5 Å². The van der Waals surface area contributed by atoms with Crippen LogP contribution >= 0.6 is 0 Å². The minimum atomic E-state index is -0.212. The summed E-state index contributed by atoms with van der Waals surface area (Å²) in [6.07, 6.45) is 4.53. The van der Waals surface area contributed by atoms with Gasteiger partial charge in [0.05, 0.1) is 25.4 Å². The SMILES string of the molecule is COCCNC(=O)c1cc2n(n1)CCN(C(=O)NC1CCCC1)C2. The molecule has 24 heavy (non-hydrogen) atoms. The fraction of sp³-hybridized carbons (Fsp3) is 0.688. The van der Waals surface area contributed by atoms with Crippen LogP contribution in [0.1, 0.15) is 41.9 Å². The number of hydrogen-bond donors (Lipinski definition) is 2. The van der Waals surface area contributed by atoms with Crippen molar-refractivity contribution < 1.29 is 14.3 Å². The van der Waals surface area contributed by atoms with Gasteiger partial charge < -0.3 is 20.3 Å². The maximum absolute atomic E-state index is 12.4. The first-order valence-corrected chi connectivity index (χ1v) is 8.56. The van der Waals surface area contributed by atoms with Crippen molar-refractivity contribution in [1.82, 2.24) is 25.3 Å². The number of hydrogen-bond acceptors (Lipinski definition) is 4. The van der Waals surface area contributed by atoms with Crippen LogP contribution < -0.4 is 10.6 Å². The Morgan fingerprint density at radius 2 is 2.12 bits per heavy atom. The van der Waals surface area contributed by atoms with E-state index in [9.17, 15) is 9.59 Å². The van der Waals surface area contributed by atoms with E-state index in [0.29, 0.717) is 44.5 Å². The van der Waals surface area contributed by atoms with Crippen LogP contribution in [0.2, 0.25) is 0 Å². The van der Waals surface area contributed by atoms with Crippen LogP contribution in [0.25, 0.3) is 0 Å². The molecule has 3 rings (SSSR count). The first-order valence-electron chi connectivity index (χ1n) is 8.56. The van der Waals surface area contributed by atoms with Gasteiger partial charge in [-0.25, -0.2) is 4.79 Å². The van der Waals surface area contributed by atoms with Crippen molar-refractivity contribution in [1.29, 1.82) is 0 Å². The van der Waals surface area contributed by atoms with Gasteiger partial charge in [-0.1, -0.05) is 12.8 Å². The molecule has 1 aromatic rings. The van der Waals surface area contributed by atoms with Crippen LogP contribution in [-0.4, -0.2) is 59.5 Å². The second kappa shape index (κ2) is 7.65. The van der Waals surface area contributed by atoms with Gasteiger partial charge in [-0.3, -0.25) is 9.48 Å². The molecule has 0 spiro atoms. The summed E-state index contributed by atoms with van der Waals surface area (Å²) in [5.41, 5.74) is 1.28. The Hall–Kier alpha value is -2.09. The fourth-order valence-corrected chi connectivity index (χ4v) is 3.24. The molecule has 132 valence electrons. The van der Waals surface area contributed by atoms with Crippen molar-refractivity contribution in [2.75, 3.05) is 26.8 Å². The number of amides is 3. The number of rotatable bonds is 5. The van der Waals surface area contributed by atoms with E-state index in [-0.39, 0.29) is 11.9 Å². The average Bonchev–Trinajstić information content (AvgIpc) is 3.23. The quantitative estimate of drug-likeness (QED) is 0.777. The fourth-order valence-electron chi connectivity index (χ4n) is 3.24. The van der Waals surface area contributed by atoms with Crippen molar-refractivity contribution in [3.63, 3.8) is 0 Å². The number of aromatic nitrogens is 2. The lowest BCUT2D eigenvalue weighted by Crippen LogP contribution is -2.47. The summed E-state index contributed by atoms with van der Waals surface area (Å²) < 4.78 is 6.72. The summed E-state index contributed by atoms with van der Waals surface area (Å²) in [6.45, 7) is 2.62. The molecule has 0 unspecified atom stereocenters. The second-order valence-electron chi connectivity index (χ2n) is 6.35. The third kappa shape index (κ3) is 3.87. The third-order valence-electron chi connectivity index (χ3n) is 4.59. The number of nitrogens with one attached hydrogen (secondary N) is 2. The maximum Gasteiger partial charge on any atom is 0.318 e. The van der Waals surface area contributed by atoms with Gasteiger partial charge in [0.1, 0.15) is 0 Å². The van der Waals surface area contributed by atoms with Gasteiger partial charge >= 0.3 is 6.03 Å². The van der Waals surface area contributed by atoms with Gasteiger partial charge in [0.25, 0.3) is 5.91 Å². The van der Waals surface area contributed by atoms with E-state index in [2.05, 4.69) is 15.7 Å². The van der Waals surface area contributed by atoms with Crippen LogP contribution in [0.4, 0.5) is 4.79 Å². The molecule has 0 radical (unpaired) electrons. The number of methoxy groups -OCH3 is 1. The van der Waals surface area contributed by atoms with E-state index in [1.807, 2.05) is 4.68 Å². The summed E-state index contributed by atoms with van der Waals surface area (Å²) in [5, 5.41) is 10.2. The first-order chi connectivity index (χ1) is 11.7. The number of carbonyl (C=O) groups is 2. The van der Waals surface area contributed by atoms with E-state index in [0.717, 1.165) is 18.5 Å². The molecule has 8 nitrogen and oxygen atoms in total. The minimum Gasteiger partial charge on any atom is -0.383 e. The predicted molar refractivity (Wildman–Crippen MR) is 87.6 cm³/mol. The number of ether oxygens (including phenoxy) is 1. The Morgan fingerprint density at radius 3 is 2.88 bits per heavy atom. The maximum atomic E-state index is 12.4. The molecule has 0 aromatic carbocycles. The van der Waals surface area contributed by atoms with E-state index >= 15 is 0 Å². The Morgan fingerprint density at radius 1 is 1.33 bits per heavy atom. The Balaban J connectivity index is 1.57. The standard InChI is InChI=1S/C16H25N5O3/c1-24-9-6-17-15(22)14-10-13-11-20(7-8-21(13)19-14)16(23)18-12-4-2-3-5-12/h10,12H,2-9,11H2,1H3,(H,17,22)(H,18,23). The normalized spacial score (nSPS) is 17.6. The van der Waals surface area contributed by atoms with Crippen molar-refractivity contribution in [2.24, 2.45) is 0 Å². The molecular weight excluding hydrogens is 310 g/mol. The molecule has 1 aromatic heterocycles. The van der Waals surface area contributed by atoms with Gasteiger partial charge in [-0.05, 0) is 18.9 Å². The van der Waals surface area contributed by atoms with Gasteiger partial charge in [-0.2, -0.15) is 5.10 Å². The van der Waals surface area contributed by atoms with Crippen molar-refractivity contribution >= 4 is 11.9 Å².